The third-order valence-corrected chi connectivity index (χ3v) is 3.16. The zero-order chi connectivity index (χ0) is 14.4. The molecule has 0 heterocycles. The summed E-state index contributed by atoms with van der Waals surface area (Å²) in [4.78, 5) is 14.0. The van der Waals surface area contributed by atoms with Gasteiger partial charge in [0.15, 0.2) is 0 Å². The first kappa shape index (κ1) is 15.4. The van der Waals surface area contributed by atoms with Crippen LogP contribution in [0.4, 0.5) is 5.69 Å². The lowest BCUT2D eigenvalue weighted by Crippen LogP contribution is -2.43. The summed E-state index contributed by atoms with van der Waals surface area (Å²) in [5.41, 5.74) is 6.24. The average molecular weight is 281 g/mol. The molecule has 0 radical (unpaired) electrons. The summed E-state index contributed by atoms with van der Waals surface area (Å²) in [5.74, 6) is 0.571. The summed E-state index contributed by atoms with van der Waals surface area (Å²) in [6.07, 6.45) is 0. The van der Waals surface area contributed by atoms with Crippen LogP contribution in [0.3, 0.4) is 0 Å². The van der Waals surface area contributed by atoms with Crippen LogP contribution < -0.4 is 15.8 Å². The molecule has 1 atom stereocenters. The van der Waals surface area contributed by atoms with E-state index in [1.807, 2.05) is 19.1 Å². The molecule has 0 spiro atoms. The van der Waals surface area contributed by atoms with E-state index in [0.29, 0.717) is 16.4 Å². The zero-order valence-corrected chi connectivity index (χ0v) is 12.2. The van der Waals surface area contributed by atoms with Crippen molar-refractivity contribution in [1.82, 2.24) is 4.90 Å². The summed E-state index contributed by atoms with van der Waals surface area (Å²) < 4.78 is 5.09. The van der Waals surface area contributed by atoms with Gasteiger partial charge in [0.1, 0.15) is 5.75 Å². The molecule has 0 aromatic heterocycles. The highest BCUT2D eigenvalue weighted by Gasteiger charge is 2.15. The molecule has 0 aliphatic carbocycles. The Morgan fingerprint density at radius 2 is 2.26 bits per heavy atom. The number of likely N-dealkylation sites (N-methyl/N-ethyl adjacent to an activating group) is 1. The number of carbonyl (C=O) groups is 1. The van der Waals surface area contributed by atoms with E-state index in [9.17, 15) is 4.79 Å². The fraction of sp³-hybridized carbons (Fsp3) is 0.385. The van der Waals surface area contributed by atoms with Gasteiger partial charge in [-0.05, 0) is 26.1 Å². The lowest BCUT2D eigenvalue weighted by atomic mass is 10.3. The maximum atomic E-state index is 11.9. The van der Waals surface area contributed by atoms with Crippen molar-refractivity contribution in [3.05, 3.63) is 24.3 Å². The molecule has 0 bridgehead atoms. The highest BCUT2D eigenvalue weighted by Crippen LogP contribution is 2.16. The van der Waals surface area contributed by atoms with E-state index in [2.05, 4.69) is 5.32 Å². The van der Waals surface area contributed by atoms with E-state index < -0.39 is 0 Å². The molecule has 0 saturated heterocycles. The first-order valence-electron chi connectivity index (χ1n) is 5.87. The Labute approximate surface area is 118 Å². The van der Waals surface area contributed by atoms with E-state index in [1.165, 1.54) is 0 Å². The molecule has 1 aromatic carbocycles. The van der Waals surface area contributed by atoms with E-state index in [4.69, 9.17) is 22.7 Å². The van der Waals surface area contributed by atoms with Crippen LogP contribution in [-0.2, 0) is 4.79 Å². The summed E-state index contributed by atoms with van der Waals surface area (Å²) in [7, 11) is 3.38. The van der Waals surface area contributed by atoms with E-state index in [1.54, 1.807) is 31.2 Å². The number of hydrogen-bond donors (Lipinski definition) is 2. The molecule has 19 heavy (non-hydrogen) atoms. The van der Waals surface area contributed by atoms with Gasteiger partial charge in [-0.15, -0.1) is 0 Å². The van der Waals surface area contributed by atoms with Gasteiger partial charge in [0.2, 0.25) is 5.91 Å². The molecular formula is C13H19N3O2S. The van der Waals surface area contributed by atoms with Crippen LogP contribution in [0.5, 0.6) is 5.75 Å². The van der Waals surface area contributed by atoms with Gasteiger partial charge in [0.05, 0.1) is 24.7 Å². The Hall–Kier alpha value is -1.66. The van der Waals surface area contributed by atoms with E-state index >= 15 is 0 Å². The number of amides is 1. The number of rotatable bonds is 6. The summed E-state index contributed by atoms with van der Waals surface area (Å²) in [6.45, 7) is 2.08. The molecule has 1 aromatic rings. The normalized spacial score (nSPS) is 12.0. The van der Waals surface area contributed by atoms with Crippen molar-refractivity contribution in [1.29, 1.82) is 0 Å². The van der Waals surface area contributed by atoms with Crippen LogP contribution in [0.2, 0.25) is 0 Å². The quantitative estimate of drug-likeness (QED) is 0.768. The van der Waals surface area contributed by atoms with Crippen molar-refractivity contribution in [3.8, 4) is 5.75 Å². The van der Waals surface area contributed by atoms with Crippen LogP contribution in [0.25, 0.3) is 0 Å². The second kappa shape index (κ2) is 7.06. The number of nitrogens with one attached hydrogen (secondary N) is 1. The topological polar surface area (TPSA) is 67.6 Å². The number of benzene rings is 1. The number of nitrogens with two attached hydrogens (primary N) is 1. The smallest absolute Gasteiger partial charge is 0.238 e. The number of thiocarbonyl (C=S) groups is 1. The van der Waals surface area contributed by atoms with Gasteiger partial charge >= 0.3 is 0 Å². The predicted molar refractivity (Wildman–Crippen MR) is 80.5 cm³/mol. The Morgan fingerprint density at radius 3 is 2.84 bits per heavy atom. The third-order valence-electron chi connectivity index (χ3n) is 2.82. The number of methoxy groups -OCH3 is 1. The molecule has 104 valence electrons. The fourth-order valence-corrected chi connectivity index (χ4v) is 1.66. The summed E-state index contributed by atoms with van der Waals surface area (Å²) in [5, 5.41) is 2.80. The molecule has 0 aliphatic rings. The van der Waals surface area contributed by atoms with Crippen molar-refractivity contribution >= 4 is 28.8 Å². The van der Waals surface area contributed by atoms with Gasteiger partial charge in [-0.1, -0.05) is 18.3 Å². The highest BCUT2D eigenvalue weighted by atomic mass is 32.1. The Kier molecular flexibility index (Phi) is 5.72. The monoisotopic (exact) mass is 281 g/mol. The number of hydrogen-bond acceptors (Lipinski definition) is 4. The molecule has 3 N–H and O–H groups in total. The Bertz CT molecular complexity index is 465. The molecular weight excluding hydrogens is 262 g/mol. The number of ether oxygens (including phenoxy) is 1. The standard InChI is InChI=1S/C13H19N3O2S/c1-9(13(14)19)16(2)8-12(17)15-10-5-4-6-11(7-10)18-3/h4-7,9H,8H2,1-3H3,(H2,14,19)(H,15,17). The first-order valence-corrected chi connectivity index (χ1v) is 6.28. The van der Waals surface area contributed by atoms with Crippen molar-refractivity contribution in [2.24, 2.45) is 5.73 Å². The summed E-state index contributed by atoms with van der Waals surface area (Å²) in [6, 6.07) is 7.07. The van der Waals surface area contributed by atoms with Crippen LogP contribution in [-0.4, -0.2) is 42.5 Å². The molecule has 1 unspecified atom stereocenters. The van der Waals surface area contributed by atoms with E-state index in [-0.39, 0.29) is 18.5 Å². The van der Waals surface area contributed by atoms with E-state index in [0.717, 1.165) is 0 Å². The second-order valence-electron chi connectivity index (χ2n) is 4.27. The predicted octanol–water partition coefficient (Wildman–Crippen LogP) is 1.24. The molecule has 0 fully saturated rings. The maximum Gasteiger partial charge on any atom is 0.238 e. The minimum atomic E-state index is -0.126. The fourth-order valence-electron chi connectivity index (χ4n) is 1.48. The second-order valence-corrected chi connectivity index (χ2v) is 4.74. The number of nitrogens with zero attached hydrogens (tertiary/aromatic N) is 1. The van der Waals surface area contributed by atoms with Crippen LogP contribution in [0, 0.1) is 0 Å². The van der Waals surface area contributed by atoms with Gasteiger partial charge in [0.25, 0.3) is 0 Å². The molecule has 1 rings (SSSR count). The van der Waals surface area contributed by atoms with Crippen LogP contribution >= 0.6 is 12.2 Å². The minimum Gasteiger partial charge on any atom is -0.497 e. The number of carbonyl (C=O) groups excluding carboxylic acids is 1. The van der Waals surface area contributed by atoms with Gasteiger partial charge < -0.3 is 15.8 Å². The van der Waals surface area contributed by atoms with Crippen LogP contribution in [0.1, 0.15) is 6.92 Å². The average Bonchev–Trinajstić information content (AvgIpc) is 2.37. The summed E-state index contributed by atoms with van der Waals surface area (Å²) >= 11 is 4.90. The lowest BCUT2D eigenvalue weighted by Gasteiger charge is -2.22. The minimum absolute atomic E-state index is 0.119. The Morgan fingerprint density at radius 1 is 1.58 bits per heavy atom. The maximum absolute atomic E-state index is 11.9. The van der Waals surface area contributed by atoms with Gasteiger partial charge in [-0.2, -0.15) is 0 Å². The largest absolute Gasteiger partial charge is 0.497 e. The lowest BCUT2D eigenvalue weighted by molar-refractivity contribution is -0.117. The molecule has 5 nitrogen and oxygen atoms in total. The van der Waals surface area contributed by atoms with Crippen molar-refractivity contribution in [2.75, 3.05) is 26.0 Å². The molecule has 0 aliphatic heterocycles. The highest BCUT2D eigenvalue weighted by molar-refractivity contribution is 7.80. The first-order chi connectivity index (χ1) is 8.93. The van der Waals surface area contributed by atoms with Gasteiger partial charge in [0, 0.05) is 11.8 Å². The molecule has 1 amide bonds. The van der Waals surface area contributed by atoms with Crippen LogP contribution in [0.15, 0.2) is 24.3 Å². The SMILES string of the molecule is COc1cccc(NC(=O)CN(C)C(C)C(N)=S)c1. The zero-order valence-electron chi connectivity index (χ0n) is 11.3. The molecule has 6 heteroatoms. The molecule has 0 saturated carbocycles. The van der Waals surface area contributed by atoms with Gasteiger partial charge in [-0.3, -0.25) is 9.69 Å². The Balaban J connectivity index is 2.57. The van der Waals surface area contributed by atoms with Crippen molar-refractivity contribution in [3.63, 3.8) is 0 Å². The van der Waals surface area contributed by atoms with Gasteiger partial charge in [-0.25, -0.2) is 0 Å². The van der Waals surface area contributed by atoms with Crippen molar-refractivity contribution in [2.45, 2.75) is 13.0 Å². The third kappa shape index (κ3) is 4.84. The van der Waals surface area contributed by atoms with Crippen molar-refractivity contribution < 1.29 is 9.53 Å². The number of anilines is 1.